The fourth-order valence-electron chi connectivity index (χ4n) is 1.95. The van der Waals surface area contributed by atoms with Crippen molar-refractivity contribution in [2.24, 2.45) is 5.10 Å². The van der Waals surface area contributed by atoms with Crippen molar-refractivity contribution in [1.82, 2.24) is 5.43 Å². The number of anilines is 1. The van der Waals surface area contributed by atoms with E-state index in [1.54, 1.807) is 30.5 Å². The first kappa shape index (κ1) is 17.2. The van der Waals surface area contributed by atoms with Crippen LogP contribution in [0.4, 0.5) is 5.69 Å². The highest BCUT2D eigenvalue weighted by Gasteiger charge is 2.04. The van der Waals surface area contributed by atoms with Crippen molar-refractivity contribution in [3.8, 4) is 5.75 Å². The number of carbonyl (C=O) groups is 2. The summed E-state index contributed by atoms with van der Waals surface area (Å²) in [4.78, 5) is 22.9. The van der Waals surface area contributed by atoms with Crippen molar-refractivity contribution in [3.05, 3.63) is 59.7 Å². The molecule has 0 saturated carbocycles. The molecule has 24 heavy (non-hydrogen) atoms. The second-order valence-electron chi connectivity index (χ2n) is 4.96. The molecular weight excluding hydrogens is 306 g/mol. The van der Waals surface area contributed by atoms with Crippen molar-refractivity contribution in [3.63, 3.8) is 0 Å². The SMILES string of the molecule is CCOc1ccc(/C=N/NC(=O)c2ccc(NC(C)=O)cc2)cc1. The van der Waals surface area contributed by atoms with Gasteiger partial charge in [-0.2, -0.15) is 5.10 Å². The Labute approximate surface area is 140 Å². The van der Waals surface area contributed by atoms with E-state index in [1.807, 2.05) is 31.2 Å². The molecule has 0 aliphatic carbocycles. The van der Waals surface area contributed by atoms with Gasteiger partial charge in [-0.1, -0.05) is 0 Å². The molecule has 0 heterocycles. The molecule has 0 saturated heterocycles. The number of hydrogen-bond donors (Lipinski definition) is 2. The first-order valence-corrected chi connectivity index (χ1v) is 7.52. The highest BCUT2D eigenvalue weighted by Crippen LogP contribution is 2.11. The third-order valence-electron chi connectivity index (χ3n) is 3.04. The van der Waals surface area contributed by atoms with Crippen LogP contribution in [0, 0.1) is 0 Å². The number of nitrogens with one attached hydrogen (secondary N) is 2. The van der Waals surface area contributed by atoms with Crippen molar-refractivity contribution >= 4 is 23.7 Å². The predicted molar refractivity (Wildman–Crippen MR) is 93.4 cm³/mol. The van der Waals surface area contributed by atoms with E-state index in [2.05, 4.69) is 15.8 Å². The summed E-state index contributed by atoms with van der Waals surface area (Å²) in [6, 6.07) is 13.9. The van der Waals surface area contributed by atoms with Crippen LogP contribution in [0.25, 0.3) is 0 Å². The van der Waals surface area contributed by atoms with E-state index in [1.165, 1.54) is 6.92 Å². The maximum Gasteiger partial charge on any atom is 0.271 e. The number of hydrazone groups is 1. The van der Waals surface area contributed by atoms with E-state index in [0.717, 1.165) is 11.3 Å². The lowest BCUT2D eigenvalue weighted by atomic mass is 10.2. The summed E-state index contributed by atoms with van der Waals surface area (Å²) in [5.74, 6) is 0.302. The lowest BCUT2D eigenvalue weighted by molar-refractivity contribution is -0.114. The molecule has 0 fully saturated rings. The second-order valence-corrected chi connectivity index (χ2v) is 4.96. The molecule has 2 amide bonds. The molecule has 2 aromatic carbocycles. The number of ether oxygens (including phenoxy) is 1. The Balaban J connectivity index is 1.90. The van der Waals surface area contributed by atoms with Crippen LogP contribution in [-0.2, 0) is 4.79 Å². The quantitative estimate of drug-likeness (QED) is 0.633. The van der Waals surface area contributed by atoms with Gasteiger partial charge in [0.1, 0.15) is 5.75 Å². The smallest absolute Gasteiger partial charge is 0.271 e. The first-order chi connectivity index (χ1) is 11.6. The number of carbonyl (C=O) groups excluding carboxylic acids is 2. The third-order valence-corrected chi connectivity index (χ3v) is 3.04. The monoisotopic (exact) mass is 325 g/mol. The molecule has 0 aliphatic rings. The second kappa shape index (κ2) is 8.47. The minimum absolute atomic E-state index is 0.160. The predicted octanol–water partition coefficient (Wildman–Crippen LogP) is 2.81. The van der Waals surface area contributed by atoms with E-state index in [-0.39, 0.29) is 11.8 Å². The third kappa shape index (κ3) is 5.24. The Morgan fingerprint density at radius 2 is 1.75 bits per heavy atom. The molecule has 0 unspecified atom stereocenters. The van der Waals surface area contributed by atoms with E-state index in [9.17, 15) is 9.59 Å². The Kier molecular flexibility index (Phi) is 6.08. The van der Waals surface area contributed by atoms with Gasteiger partial charge in [-0.3, -0.25) is 9.59 Å². The lowest BCUT2D eigenvalue weighted by Crippen LogP contribution is -2.17. The first-order valence-electron chi connectivity index (χ1n) is 7.52. The molecule has 0 bridgehead atoms. The van der Waals surface area contributed by atoms with Crippen LogP contribution in [0.3, 0.4) is 0 Å². The molecule has 0 aromatic heterocycles. The lowest BCUT2D eigenvalue weighted by Gasteiger charge is -2.04. The number of benzene rings is 2. The summed E-state index contributed by atoms with van der Waals surface area (Å²) in [6.45, 7) is 3.97. The van der Waals surface area contributed by atoms with Gasteiger partial charge >= 0.3 is 0 Å². The van der Waals surface area contributed by atoms with Crippen LogP contribution in [-0.4, -0.2) is 24.6 Å². The fraction of sp³-hybridized carbons (Fsp3) is 0.167. The Morgan fingerprint density at radius 1 is 1.08 bits per heavy atom. The largest absolute Gasteiger partial charge is 0.494 e. The van der Waals surface area contributed by atoms with Crippen LogP contribution >= 0.6 is 0 Å². The summed E-state index contributed by atoms with van der Waals surface area (Å²) in [5.41, 5.74) is 4.39. The zero-order chi connectivity index (χ0) is 17.4. The highest BCUT2D eigenvalue weighted by atomic mass is 16.5. The Bertz CT molecular complexity index is 722. The number of rotatable bonds is 6. The minimum Gasteiger partial charge on any atom is -0.494 e. The summed E-state index contributed by atoms with van der Waals surface area (Å²) in [7, 11) is 0. The van der Waals surface area contributed by atoms with Gasteiger partial charge < -0.3 is 10.1 Å². The van der Waals surface area contributed by atoms with Crippen molar-refractivity contribution in [2.75, 3.05) is 11.9 Å². The molecular formula is C18H19N3O3. The minimum atomic E-state index is -0.327. The molecule has 0 radical (unpaired) electrons. The Hall–Kier alpha value is -3.15. The van der Waals surface area contributed by atoms with E-state index < -0.39 is 0 Å². The maximum absolute atomic E-state index is 12.0. The van der Waals surface area contributed by atoms with Gasteiger partial charge in [0.05, 0.1) is 12.8 Å². The summed E-state index contributed by atoms with van der Waals surface area (Å²) >= 11 is 0. The van der Waals surface area contributed by atoms with Crippen molar-refractivity contribution in [1.29, 1.82) is 0 Å². The zero-order valence-corrected chi connectivity index (χ0v) is 13.6. The van der Waals surface area contributed by atoms with Gasteiger partial charge in [0, 0.05) is 18.2 Å². The molecule has 0 atom stereocenters. The number of nitrogens with zero attached hydrogens (tertiary/aromatic N) is 1. The van der Waals surface area contributed by atoms with Gasteiger partial charge in [-0.25, -0.2) is 5.43 Å². The summed E-state index contributed by atoms with van der Waals surface area (Å²) in [6.07, 6.45) is 1.55. The van der Waals surface area contributed by atoms with Crippen LogP contribution in [0.2, 0.25) is 0 Å². The van der Waals surface area contributed by atoms with Gasteiger partial charge in [0.2, 0.25) is 5.91 Å². The topological polar surface area (TPSA) is 79.8 Å². The number of amides is 2. The maximum atomic E-state index is 12.0. The van der Waals surface area contributed by atoms with Crippen molar-refractivity contribution in [2.45, 2.75) is 13.8 Å². The van der Waals surface area contributed by atoms with E-state index in [4.69, 9.17) is 4.74 Å². The fourth-order valence-corrected chi connectivity index (χ4v) is 1.95. The van der Waals surface area contributed by atoms with E-state index >= 15 is 0 Å². The van der Waals surface area contributed by atoms with Gasteiger partial charge in [-0.05, 0) is 61.0 Å². The average molecular weight is 325 g/mol. The van der Waals surface area contributed by atoms with Crippen LogP contribution in [0.1, 0.15) is 29.8 Å². The van der Waals surface area contributed by atoms with Gasteiger partial charge in [0.15, 0.2) is 0 Å². The molecule has 2 N–H and O–H groups in total. The summed E-state index contributed by atoms with van der Waals surface area (Å²) < 4.78 is 5.35. The molecule has 0 aliphatic heterocycles. The van der Waals surface area contributed by atoms with Gasteiger partial charge in [0.25, 0.3) is 5.91 Å². The molecule has 124 valence electrons. The summed E-state index contributed by atoms with van der Waals surface area (Å²) in [5, 5.41) is 6.57. The molecule has 2 rings (SSSR count). The van der Waals surface area contributed by atoms with Gasteiger partial charge in [-0.15, -0.1) is 0 Å². The Morgan fingerprint density at radius 3 is 2.33 bits per heavy atom. The normalized spacial score (nSPS) is 10.4. The standard InChI is InChI=1S/C18H19N3O3/c1-3-24-17-10-4-14(5-11-17)12-19-21-18(23)15-6-8-16(9-7-15)20-13(2)22/h4-12H,3H2,1-2H3,(H,20,22)(H,21,23)/b19-12+. The van der Waals surface area contributed by atoms with Crippen LogP contribution in [0.5, 0.6) is 5.75 Å². The van der Waals surface area contributed by atoms with Crippen molar-refractivity contribution < 1.29 is 14.3 Å². The van der Waals surface area contributed by atoms with Crippen LogP contribution < -0.4 is 15.5 Å². The molecule has 0 spiro atoms. The number of hydrogen-bond acceptors (Lipinski definition) is 4. The average Bonchev–Trinajstić information content (AvgIpc) is 2.57. The highest BCUT2D eigenvalue weighted by molar-refractivity contribution is 5.96. The van der Waals surface area contributed by atoms with E-state index in [0.29, 0.717) is 17.9 Å². The zero-order valence-electron chi connectivity index (χ0n) is 13.6. The van der Waals surface area contributed by atoms with Crippen LogP contribution in [0.15, 0.2) is 53.6 Å². The molecule has 2 aromatic rings. The molecule has 6 heteroatoms. The molecule has 6 nitrogen and oxygen atoms in total.